The average Bonchev–Trinajstić information content (AvgIpc) is 3.10. The number of carbonyl (C=O) groups excluding carboxylic acids is 1. The van der Waals surface area contributed by atoms with Crippen LogP contribution >= 0.6 is 11.3 Å². The predicted octanol–water partition coefficient (Wildman–Crippen LogP) is 3.54. The van der Waals surface area contributed by atoms with Crippen molar-refractivity contribution < 1.29 is 4.79 Å². The SMILES string of the molecule is CC(C)CC1NC(c2cccs2)N(C2CCCC2)C1=O. The molecule has 3 rings (SSSR count). The topological polar surface area (TPSA) is 32.3 Å². The minimum atomic E-state index is 0.00250. The summed E-state index contributed by atoms with van der Waals surface area (Å²) < 4.78 is 0. The Kier molecular flexibility index (Phi) is 4.13. The van der Waals surface area contributed by atoms with Crippen molar-refractivity contribution in [3.8, 4) is 0 Å². The molecule has 0 aromatic carbocycles. The van der Waals surface area contributed by atoms with Crippen molar-refractivity contribution >= 4 is 17.2 Å². The van der Waals surface area contributed by atoms with Gasteiger partial charge in [-0.05, 0) is 36.6 Å². The van der Waals surface area contributed by atoms with Crippen LogP contribution in [0.15, 0.2) is 17.5 Å². The zero-order valence-corrected chi connectivity index (χ0v) is 13.2. The van der Waals surface area contributed by atoms with Gasteiger partial charge < -0.3 is 4.90 Å². The quantitative estimate of drug-likeness (QED) is 0.920. The van der Waals surface area contributed by atoms with Crippen LogP contribution in [0.1, 0.15) is 57.0 Å². The summed E-state index contributed by atoms with van der Waals surface area (Å²) >= 11 is 1.75. The third kappa shape index (κ3) is 2.63. The fraction of sp³-hybridized carbons (Fsp3) is 0.688. The lowest BCUT2D eigenvalue weighted by Gasteiger charge is -2.29. The predicted molar refractivity (Wildman–Crippen MR) is 82.5 cm³/mol. The van der Waals surface area contributed by atoms with Gasteiger partial charge in [-0.3, -0.25) is 10.1 Å². The molecule has 1 N–H and O–H groups in total. The fourth-order valence-corrected chi connectivity index (χ4v) is 4.31. The Bertz CT molecular complexity index is 451. The number of hydrogen-bond acceptors (Lipinski definition) is 3. The molecular formula is C16H24N2OS. The molecule has 4 heteroatoms. The molecule has 110 valence electrons. The van der Waals surface area contributed by atoms with E-state index in [9.17, 15) is 4.79 Å². The van der Waals surface area contributed by atoms with Crippen LogP contribution in [0.2, 0.25) is 0 Å². The molecule has 1 aromatic rings. The van der Waals surface area contributed by atoms with Crippen LogP contribution in [-0.4, -0.2) is 22.9 Å². The van der Waals surface area contributed by atoms with E-state index in [0.717, 1.165) is 6.42 Å². The summed E-state index contributed by atoms with van der Waals surface area (Å²) in [6, 6.07) is 4.67. The summed E-state index contributed by atoms with van der Waals surface area (Å²) in [5.74, 6) is 0.868. The molecule has 2 aliphatic rings. The Hall–Kier alpha value is -0.870. The summed E-state index contributed by atoms with van der Waals surface area (Å²) in [5, 5.41) is 5.69. The van der Waals surface area contributed by atoms with Crippen molar-refractivity contribution in [1.82, 2.24) is 10.2 Å². The van der Waals surface area contributed by atoms with Crippen molar-refractivity contribution in [3.05, 3.63) is 22.4 Å². The lowest BCUT2D eigenvalue weighted by Crippen LogP contribution is -2.38. The number of amides is 1. The van der Waals surface area contributed by atoms with Gasteiger partial charge in [0.2, 0.25) is 5.91 Å². The first-order valence-electron chi connectivity index (χ1n) is 7.78. The molecule has 2 unspecified atom stereocenters. The minimum Gasteiger partial charge on any atom is -0.318 e. The van der Waals surface area contributed by atoms with Gasteiger partial charge in [-0.25, -0.2) is 0 Å². The second kappa shape index (κ2) is 5.86. The number of rotatable bonds is 4. The highest BCUT2D eigenvalue weighted by molar-refractivity contribution is 7.10. The molecule has 1 amide bonds. The molecule has 1 saturated heterocycles. The lowest BCUT2D eigenvalue weighted by atomic mass is 10.0. The van der Waals surface area contributed by atoms with Gasteiger partial charge in [0.25, 0.3) is 0 Å². The van der Waals surface area contributed by atoms with Gasteiger partial charge in [0, 0.05) is 10.9 Å². The Labute approximate surface area is 125 Å². The molecule has 0 spiro atoms. The highest BCUT2D eigenvalue weighted by Gasteiger charge is 2.44. The third-order valence-electron chi connectivity index (χ3n) is 4.43. The molecule has 2 atom stereocenters. The summed E-state index contributed by atoms with van der Waals surface area (Å²) in [6.45, 7) is 4.38. The van der Waals surface area contributed by atoms with Crippen molar-refractivity contribution in [2.45, 2.75) is 64.2 Å². The Morgan fingerprint density at radius 3 is 2.75 bits per heavy atom. The Morgan fingerprint density at radius 2 is 2.15 bits per heavy atom. The van der Waals surface area contributed by atoms with E-state index >= 15 is 0 Å². The number of nitrogens with zero attached hydrogens (tertiary/aromatic N) is 1. The van der Waals surface area contributed by atoms with E-state index in [4.69, 9.17) is 0 Å². The van der Waals surface area contributed by atoms with E-state index in [2.05, 4.69) is 41.6 Å². The highest BCUT2D eigenvalue weighted by Crippen LogP contribution is 2.36. The van der Waals surface area contributed by atoms with Gasteiger partial charge in [0.05, 0.1) is 6.04 Å². The van der Waals surface area contributed by atoms with Crippen LogP contribution in [0.25, 0.3) is 0 Å². The normalized spacial score (nSPS) is 27.9. The van der Waals surface area contributed by atoms with E-state index in [0.29, 0.717) is 17.9 Å². The standard InChI is InChI=1S/C16H24N2OS/c1-11(2)10-13-16(19)18(12-6-3-4-7-12)15(17-13)14-8-5-9-20-14/h5,8-9,11-13,15,17H,3-4,6-7,10H2,1-2H3. The maximum absolute atomic E-state index is 12.8. The zero-order valence-electron chi connectivity index (χ0n) is 12.3. The molecule has 1 aliphatic heterocycles. The van der Waals surface area contributed by atoms with Gasteiger partial charge in [-0.15, -0.1) is 11.3 Å². The van der Waals surface area contributed by atoms with Crippen molar-refractivity contribution in [2.24, 2.45) is 5.92 Å². The molecule has 1 saturated carbocycles. The van der Waals surface area contributed by atoms with Crippen LogP contribution in [-0.2, 0) is 4.79 Å². The van der Waals surface area contributed by atoms with Crippen LogP contribution in [0, 0.1) is 5.92 Å². The van der Waals surface area contributed by atoms with E-state index in [-0.39, 0.29) is 12.2 Å². The number of hydrogen-bond donors (Lipinski definition) is 1. The lowest BCUT2D eigenvalue weighted by molar-refractivity contribution is -0.132. The van der Waals surface area contributed by atoms with Gasteiger partial charge in [-0.2, -0.15) is 0 Å². The number of nitrogens with one attached hydrogen (secondary N) is 1. The van der Waals surface area contributed by atoms with Gasteiger partial charge in [0.1, 0.15) is 6.17 Å². The van der Waals surface area contributed by atoms with Crippen LogP contribution in [0.4, 0.5) is 0 Å². The summed E-state index contributed by atoms with van der Waals surface area (Å²) in [4.78, 5) is 16.2. The molecule has 3 nitrogen and oxygen atoms in total. The van der Waals surface area contributed by atoms with E-state index < -0.39 is 0 Å². The highest BCUT2D eigenvalue weighted by atomic mass is 32.1. The van der Waals surface area contributed by atoms with Gasteiger partial charge in [-0.1, -0.05) is 32.8 Å². The molecular weight excluding hydrogens is 268 g/mol. The van der Waals surface area contributed by atoms with Gasteiger partial charge >= 0.3 is 0 Å². The summed E-state index contributed by atoms with van der Waals surface area (Å²) in [6.07, 6.45) is 5.91. The largest absolute Gasteiger partial charge is 0.318 e. The minimum absolute atomic E-state index is 0.00250. The van der Waals surface area contributed by atoms with E-state index in [1.54, 1.807) is 11.3 Å². The van der Waals surface area contributed by atoms with E-state index in [1.165, 1.54) is 30.6 Å². The molecule has 20 heavy (non-hydrogen) atoms. The van der Waals surface area contributed by atoms with Crippen LogP contribution < -0.4 is 5.32 Å². The summed E-state index contributed by atoms with van der Waals surface area (Å²) in [7, 11) is 0. The summed E-state index contributed by atoms with van der Waals surface area (Å²) in [5.41, 5.74) is 0. The Morgan fingerprint density at radius 1 is 1.40 bits per heavy atom. The molecule has 1 aromatic heterocycles. The molecule has 0 radical (unpaired) electrons. The first-order chi connectivity index (χ1) is 9.66. The van der Waals surface area contributed by atoms with Crippen LogP contribution in [0.5, 0.6) is 0 Å². The number of thiophene rings is 1. The molecule has 2 heterocycles. The van der Waals surface area contributed by atoms with Gasteiger partial charge in [0.15, 0.2) is 0 Å². The average molecular weight is 292 g/mol. The second-order valence-corrected chi connectivity index (χ2v) is 7.43. The third-order valence-corrected chi connectivity index (χ3v) is 5.35. The smallest absolute Gasteiger partial charge is 0.241 e. The maximum Gasteiger partial charge on any atom is 0.241 e. The molecule has 0 bridgehead atoms. The molecule has 1 aliphatic carbocycles. The van der Waals surface area contributed by atoms with Crippen molar-refractivity contribution in [2.75, 3.05) is 0 Å². The maximum atomic E-state index is 12.8. The first-order valence-corrected chi connectivity index (χ1v) is 8.66. The number of carbonyl (C=O) groups is 1. The molecule has 2 fully saturated rings. The second-order valence-electron chi connectivity index (χ2n) is 6.45. The van der Waals surface area contributed by atoms with E-state index in [1.807, 2.05) is 0 Å². The Balaban J connectivity index is 1.84. The van der Waals surface area contributed by atoms with Crippen LogP contribution in [0.3, 0.4) is 0 Å². The fourth-order valence-electron chi connectivity index (χ4n) is 3.53. The monoisotopic (exact) mass is 292 g/mol. The first kappa shape index (κ1) is 14.1. The van der Waals surface area contributed by atoms with Crippen molar-refractivity contribution in [3.63, 3.8) is 0 Å². The van der Waals surface area contributed by atoms with Crippen molar-refractivity contribution in [1.29, 1.82) is 0 Å². The zero-order chi connectivity index (χ0) is 14.1.